The van der Waals surface area contributed by atoms with Gasteiger partial charge in [-0.2, -0.15) is 5.10 Å². The summed E-state index contributed by atoms with van der Waals surface area (Å²) >= 11 is 0. The Bertz CT molecular complexity index is 1160. The summed E-state index contributed by atoms with van der Waals surface area (Å²) in [4.78, 5) is 16.1. The van der Waals surface area contributed by atoms with Crippen molar-refractivity contribution in [1.82, 2.24) is 19.7 Å². The minimum absolute atomic E-state index is 0.0642. The molecule has 0 bridgehead atoms. The number of benzene rings is 1. The average molecular weight is 544 g/mol. The highest BCUT2D eigenvalue weighted by Gasteiger charge is 2.27. The molecule has 206 valence electrons. The van der Waals surface area contributed by atoms with Crippen molar-refractivity contribution >= 4 is 25.8 Å². The van der Waals surface area contributed by atoms with Crippen LogP contribution in [0.4, 0.5) is 5.82 Å². The number of rotatable bonds is 8. The molecule has 2 fully saturated rings. The maximum Gasteiger partial charge on any atom is 0.323 e. The fourth-order valence-electron chi connectivity index (χ4n) is 4.59. The van der Waals surface area contributed by atoms with Gasteiger partial charge in [-0.05, 0) is 76.6 Å². The molecule has 5 rings (SSSR count). The van der Waals surface area contributed by atoms with Gasteiger partial charge in [0.15, 0.2) is 5.82 Å². The number of carbonyl (C=O) groups excluding carboxylic acids is 1. The summed E-state index contributed by atoms with van der Waals surface area (Å²) in [5.41, 5.74) is 7.69. The van der Waals surface area contributed by atoms with Crippen LogP contribution >= 0.6 is 8.53 Å². The van der Waals surface area contributed by atoms with Crippen LogP contribution in [0, 0.1) is 0 Å². The summed E-state index contributed by atoms with van der Waals surface area (Å²) < 4.78 is 24.2. The number of nitrogen functional groups attached to an aromatic ring is 1. The normalized spacial score (nSPS) is 21.3. The van der Waals surface area contributed by atoms with Crippen molar-refractivity contribution in [2.75, 3.05) is 12.8 Å². The zero-order valence-corrected chi connectivity index (χ0v) is 23.2. The third kappa shape index (κ3) is 7.63. The lowest BCUT2D eigenvalue weighted by atomic mass is 9.98. The Kier molecular flexibility index (Phi) is 10.3. The van der Waals surface area contributed by atoms with Crippen molar-refractivity contribution in [3.8, 4) is 5.75 Å². The Labute approximate surface area is 225 Å². The van der Waals surface area contributed by atoms with Gasteiger partial charge >= 0.3 is 14.5 Å². The predicted octanol–water partition coefficient (Wildman–Crippen LogP) is 5.34. The predicted molar refractivity (Wildman–Crippen MR) is 146 cm³/mol. The molecule has 0 spiro atoms. The first-order valence-corrected chi connectivity index (χ1v) is 14.4. The van der Waals surface area contributed by atoms with Gasteiger partial charge in [0.2, 0.25) is 0 Å². The zero-order valence-electron chi connectivity index (χ0n) is 22.3. The number of hydrogen-bond donors (Lipinski definition) is 2. The molecule has 2 aliphatic rings. The maximum atomic E-state index is 12.1. The van der Waals surface area contributed by atoms with Crippen molar-refractivity contribution < 1.29 is 23.3 Å². The topological polar surface area (TPSA) is 122 Å². The van der Waals surface area contributed by atoms with Gasteiger partial charge in [0.25, 0.3) is 0 Å². The Balaban J connectivity index is 0.000000185. The molecule has 3 aromatic rings. The highest BCUT2D eigenvalue weighted by Crippen LogP contribution is 2.35. The second kappa shape index (κ2) is 13.8. The van der Waals surface area contributed by atoms with Gasteiger partial charge < -0.3 is 24.3 Å². The number of hydrogen-bond acceptors (Lipinski definition) is 9. The lowest BCUT2D eigenvalue weighted by Crippen LogP contribution is -2.36. The van der Waals surface area contributed by atoms with Crippen LogP contribution in [0.5, 0.6) is 5.75 Å². The summed E-state index contributed by atoms with van der Waals surface area (Å²) in [6.07, 6.45) is 9.59. The first-order chi connectivity index (χ1) is 18.4. The summed E-state index contributed by atoms with van der Waals surface area (Å²) in [7, 11) is 0.176. The Morgan fingerprint density at radius 3 is 2.58 bits per heavy atom. The van der Waals surface area contributed by atoms with Crippen LogP contribution in [0.3, 0.4) is 0 Å². The molecule has 1 aromatic carbocycles. The minimum Gasteiger partial charge on any atom is -0.461 e. The van der Waals surface area contributed by atoms with E-state index in [4.69, 9.17) is 24.3 Å². The number of carbonyl (C=O) groups is 1. The van der Waals surface area contributed by atoms with Crippen molar-refractivity contribution in [2.45, 2.75) is 83.1 Å². The molecule has 10 nitrogen and oxygen atoms in total. The number of nitrogens with zero attached hydrogens (tertiary/aromatic N) is 3. The molecule has 3 N–H and O–H groups in total. The average Bonchev–Trinajstić information content (AvgIpc) is 3.56. The second-order valence-corrected chi connectivity index (χ2v) is 10.9. The molecule has 3 heterocycles. The molecule has 4 unspecified atom stereocenters. The molecular weight excluding hydrogens is 505 g/mol. The highest BCUT2D eigenvalue weighted by molar-refractivity contribution is 7.45. The van der Waals surface area contributed by atoms with E-state index < -0.39 is 14.6 Å². The van der Waals surface area contributed by atoms with Crippen LogP contribution in [0.15, 0.2) is 48.8 Å². The van der Waals surface area contributed by atoms with Crippen molar-refractivity contribution in [3.05, 3.63) is 54.5 Å². The first-order valence-electron chi connectivity index (χ1n) is 13.2. The van der Waals surface area contributed by atoms with E-state index in [9.17, 15) is 4.79 Å². The SMILES string of the molecule is CC1CCC(c2ccc3c(N)ncnn23)O1.COP(NC(C)C(=O)OC1CCCCC1)Oc1ccccc1. The van der Waals surface area contributed by atoms with Crippen LogP contribution in [0.2, 0.25) is 0 Å². The third-order valence-electron chi connectivity index (χ3n) is 6.66. The molecular formula is C27H38N5O5P. The monoisotopic (exact) mass is 543 g/mol. The minimum atomic E-state index is -1.38. The third-order valence-corrected chi connectivity index (χ3v) is 7.96. The van der Waals surface area contributed by atoms with Crippen LogP contribution in [0.1, 0.15) is 70.6 Å². The van der Waals surface area contributed by atoms with E-state index in [-0.39, 0.29) is 18.2 Å². The number of nitrogens with one attached hydrogen (secondary N) is 1. The van der Waals surface area contributed by atoms with Crippen LogP contribution in [-0.4, -0.2) is 45.9 Å². The molecule has 2 aromatic heterocycles. The Morgan fingerprint density at radius 2 is 1.89 bits per heavy atom. The lowest BCUT2D eigenvalue weighted by molar-refractivity contribution is -0.152. The fraction of sp³-hybridized carbons (Fsp3) is 0.519. The van der Waals surface area contributed by atoms with Gasteiger partial charge in [0, 0.05) is 7.11 Å². The molecule has 1 saturated heterocycles. The smallest absolute Gasteiger partial charge is 0.323 e. The highest BCUT2D eigenvalue weighted by atomic mass is 31.2. The quantitative estimate of drug-likeness (QED) is 0.286. The van der Waals surface area contributed by atoms with E-state index in [1.807, 2.05) is 47.0 Å². The van der Waals surface area contributed by atoms with Gasteiger partial charge in [-0.15, -0.1) is 0 Å². The van der Waals surface area contributed by atoms with E-state index in [1.54, 1.807) is 14.0 Å². The number of anilines is 1. The number of esters is 1. The number of aromatic nitrogens is 3. The summed E-state index contributed by atoms with van der Waals surface area (Å²) in [6.45, 7) is 3.87. The molecule has 0 amide bonds. The first kappa shape index (κ1) is 28.2. The van der Waals surface area contributed by atoms with Gasteiger partial charge in [-0.1, -0.05) is 24.6 Å². The number of fused-ring (bicyclic) bond motifs is 1. The van der Waals surface area contributed by atoms with Crippen molar-refractivity contribution in [3.63, 3.8) is 0 Å². The summed E-state index contributed by atoms with van der Waals surface area (Å²) in [5.74, 6) is 0.969. The summed E-state index contributed by atoms with van der Waals surface area (Å²) in [6, 6.07) is 12.9. The van der Waals surface area contributed by atoms with E-state index >= 15 is 0 Å². The van der Waals surface area contributed by atoms with E-state index in [1.165, 1.54) is 12.7 Å². The molecule has 0 radical (unpaired) electrons. The molecule has 1 aliphatic carbocycles. The van der Waals surface area contributed by atoms with Crippen LogP contribution < -0.4 is 15.3 Å². The van der Waals surface area contributed by atoms with Gasteiger partial charge in [-0.3, -0.25) is 4.79 Å². The molecule has 4 atom stereocenters. The Morgan fingerprint density at radius 1 is 1.13 bits per heavy atom. The van der Waals surface area contributed by atoms with Gasteiger partial charge in [-0.25, -0.2) is 14.6 Å². The van der Waals surface area contributed by atoms with Crippen molar-refractivity contribution in [1.29, 1.82) is 0 Å². The zero-order chi connectivity index (χ0) is 26.9. The number of para-hydroxylation sites is 1. The van der Waals surface area contributed by atoms with Crippen molar-refractivity contribution in [2.24, 2.45) is 0 Å². The summed E-state index contributed by atoms with van der Waals surface area (Å²) in [5, 5.41) is 7.27. The van der Waals surface area contributed by atoms with Crippen LogP contribution in [-0.2, 0) is 18.8 Å². The van der Waals surface area contributed by atoms with Crippen LogP contribution in [0.25, 0.3) is 5.52 Å². The Hall–Kier alpha value is -2.78. The van der Waals surface area contributed by atoms with E-state index in [2.05, 4.69) is 22.1 Å². The number of ether oxygens (including phenoxy) is 2. The van der Waals surface area contributed by atoms with E-state index in [0.717, 1.165) is 49.7 Å². The van der Waals surface area contributed by atoms with E-state index in [0.29, 0.717) is 17.7 Å². The van der Waals surface area contributed by atoms with Gasteiger partial charge in [0.1, 0.15) is 29.7 Å². The second-order valence-electron chi connectivity index (χ2n) is 9.60. The standard InChI is InChI=1S/C16H24NO4P.C11H14N4O/c1-13(16(18)20-14-9-5-3-6-10-14)17-22(19-2)21-15-11-7-4-8-12-15;1-7-2-5-10(16-7)8-3-4-9-11(12)13-6-14-15(8)9/h4,7-8,11-14,17H,3,5-6,9-10H2,1-2H3;3-4,6-7,10H,2,5H2,1H3,(H2,12,13,14). The molecule has 38 heavy (non-hydrogen) atoms. The molecule has 11 heteroatoms. The lowest BCUT2D eigenvalue weighted by Gasteiger charge is -2.25. The fourth-order valence-corrected chi connectivity index (χ4v) is 5.56. The maximum absolute atomic E-state index is 12.1. The molecule has 1 aliphatic heterocycles. The van der Waals surface area contributed by atoms with Gasteiger partial charge in [0.05, 0.1) is 17.9 Å². The number of nitrogens with two attached hydrogens (primary N) is 1. The molecule has 1 saturated carbocycles. The largest absolute Gasteiger partial charge is 0.461 e.